The minimum atomic E-state index is -3.72. The van der Waals surface area contributed by atoms with Crippen molar-refractivity contribution in [1.29, 1.82) is 0 Å². The van der Waals surface area contributed by atoms with Crippen LogP contribution in [0.2, 0.25) is 0 Å². The van der Waals surface area contributed by atoms with Crippen LogP contribution in [0.15, 0.2) is 53.4 Å². The summed E-state index contributed by atoms with van der Waals surface area (Å²) in [6, 6.07) is 11.4. The lowest BCUT2D eigenvalue weighted by atomic mass is 10.0. The second-order valence-electron chi connectivity index (χ2n) is 7.95. The van der Waals surface area contributed by atoms with Crippen LogP contribution in [0, 0.1) is 0 Å². The molecule has 33 heavy (non-hydrogen) atoms. The zero-order valence-electron chi connectivity index (χ0n) is 18.7. The van der Waals surface area contributed by atoms with E-state index in [4.69, 9.17) is 4.74 Å². The monoisotopic (exact) mass is 482 g/mol. The zero-order valence-corrected chi connectivity index (χ0v) is 19.5. The van der Waals surface area contributed by atoms with Crippen LogP contribution in [0.5, 0.6) is 5.75 Å². The maximum atomic E-state index is 13.0. The molecule has 0 radical (unpaired) electrons. The number of benzene rings is 2. The second kappa shape index (κ2) is 10.6. The van der Waals surface area contributed by atoms with Crippen molar-refractivity contribution in [2.75, 3.05) is 13.1 Å². The van der Waals surface area contributed by atoms with E-state index in [1.807, 2.05) is 20.8 Å². The Morgan fingerprint density at radius 2 is 1.73 bits per heavy atom. The lowest BCUT2D eigenvalue weighted by Gasteiger charge is -2.34. The van der Waals surface area contributed by atoms with E-state index in [0.29, 0.717) is 12.0 Å². The Labute approximate surface area is 192 Å². The molecule has 2 aromatic rings. The van der Waals surface area contributed by atoms with Gasteiger partial charge in [-0.25, -0.2) is 8.42 Å². The molecule has 3 atom stereocenters. The van der Waals surface area contributed by atoms with Gasteiger partial charge in [0.25, 0.3) is 5.91 Å². The van der Waals surface area contributed by atoms with Crippen molar-refractivity contribution in [2.45, 2.75) is 56.9 Å². The van der Waals surface area contributed by atoms with E-state index in [-0.39, 0.29) is 41.5 Å². The Bertz CT molecular complexity index is 1050. The SMILES string of the molecule is CCC(NC(=O)c1ccc(S(=O)(=O)N2CC(C)OC(C)C2)cc1)c1ccccc1OC(F)F. The van der Waals surface area contributed by atoms with Gasteiger partial charge in [-0.05, 0) is 50.6 Å². The molecule has 3 unspecified atom stereocenters. The van der Waals surface area contributed by atoms with Crippen molar-refractivity contribution >= 4 is 15.9 Å². The Balaban J connectivity index is 1.75. The molecule has 7 nitrogen and oxygen atoms in total. The summed E-state index contributed by atoms with van der Waals surface area (Å²) in [5.41, 5.74) is 0.687. The highest BCUT2D eigenvalue weighted by molar-refractivity contribution is 7.89. The van der Waals surface area contributed by atoms with Gasteiger partial charge in [0.15, 0.2) is 0 Å². The second-order valence-corrected chi connectivity index (χ2v) is 9.89. The van der Waals surface area contributed by atoms with Gasteiger partial charge in [0.05, 0.1) is 23.1 Å². The Hall–Kier alpha value is -2.56. The zero-order chi connectivity index (χ0) is 24.2. The van der Waals surface area contributed by atoms with Gasteiger partial charge in [0.1, 0.15) is 5.75 Å². The molecule has 0 aromatic heterocycles. The van der Waals surface area contributed by atoms with Crippen molar-refractivity contribution < 1.29 is 31.5 Å². The van der Waals surface area contributed by atoms with Gasteiger partial charge in [0.2, 0.25) is 10.0 Å². The molecule has 1 aliphatic rings. The maximum absolute atomic E-state index is 13.0. The first-order valence-corrected chi connectivity index (χ1v) is 12.2. The number of nitrogens with zero attached hydrogens (tertiary/aromatic N) is 1. The fourth-order valence-corrected chi connectivity index (χ4v) is 5.46. The van der Waals surface area contributed by atoms with Crippen LogP contribution in [0.3, 0.4) is 0 Å². The average Bonchev–Trinajstić information content (AvgIpc) is 2.77. The van der Waals surface area contributed by atoms with Gasteiger partial charge in [-0.3, -0.25) is 4.79 Å². The lowest BCUT2D eigenvalue weighted by molar-refractivity contribution is -0.0507. The van der Waals surface area contributed by atoms with E-state index in [1.54, 1.807) is 18.2 Å². The van der Waals surface area contributed by atoms with E-state index >= 15 is 0 Å². The molecule has 2 aromatic carbocycles. The van der Waals surface area contributed by atoms with Crippen LogP contribution in [0.1, 0.15) is 49.2 Å². The van der Waals surface area contributed by atoms with Crippen LogP contribution in [0.4, 0.5) is 8.78 Å². The molecule has 1 fully saturated rings. The molecule has 10 heteroatoms. The van der Waals surface area contributed by atoms with Gasteiger partial charge in [-0.2, -0.15) is 13.1 Å². The standard InChI is InChI=1S/C23H28F2N2O5S/c1-4-20(19-7-5-6-8-21(19)32-23(24)25)26-22(28)17-9-11-18(12-10-17)33(29,30)27-13-15(2)31-16(3)14-27/h5-12,15-16,20,23H,4,13-14H2,1-3H3,(H,26,28). The first-order chi connectivity index (χ1) is 15.6. The van der Waals surface area contributed by atoms with Crippen LogP contribution in [-0.2, 0) is 14.8 Å². The quantitative estimate of drug-likeness (QED) is 0.616. The number of morpholine rings is 1. The number of amides is 1. The summed E-state index contributed by atoms with van der Waals surface area (Å²) in [6.07, 6.45) is 0.0165. The molecule has 0 saturated carbocycles. The van der Waals surface area contributed by atoms with Crippen molar-refractivity contribution in [3.8, 4) is 5.75 Å². The number of sulfonamides is 1. The average molecular weight is 483 g/mol. The summed E-state index contributed by atoms with van der Waals surface area (Å²) in [7, 11) is -3.72. The summed E-state index contributed by atoms with van der Waals surface area (Å²) in [5.74, 6) is -0.457. The summed E-state index contributed by atoms with van der Waals surface area (Å²) in [5, 5.41) is 2.81. The van der Waals surface area contributed by atoms with Gasteiger partial charge in [-0.1, -0.05) is 25.1 Å². The summed E-state index contributed by atoms with van der Waals surface area (Å²) in [4.78, 5) is 12.9. The van der Waals surface area contributed by atoms with Gasteiger partial charge in [-0.15, -0.1) is 0 Å². The fourth-order valence-electron chi connectivity index (χ4n) is 3.87. The highest BCUT2D eigenvalue weighted by Gasteiger charge is 2.32. The highest BCUT2D eigenvalue weighted by Crippen LogP contribution is 2.29. The molecule has 0 aliphatic carbocycles. The smallest absolute Gasteiger partial charge is 0.387 e. The predicted octanol–water partition coefficient (Wildman–Crippen LogP) is 3.97. The summed E-state index contributed by atoms with van der Waals surface area (Å²) in [6.45, 7) is 2.98. The lowest BCUT2D eigenvalue weighted by Crippen LogP contribution is -2.48. The molecular weight excluding hydrogens is 454 g/mol. The highest BCUT2D eigenvalue weighted by atomic mass is 32.2. The topological polar surface area (TPSA) is 84.9 Å². The summed E-state index contributed by atoms with van der Waals surface area (Å²) >= 11 is 0. The third-order valence-electron chi connectivity index (χ3n) is 5.36. The Kier molecular flexibility index (Phi) is 8.04. The van der Waals surface area contributed by atoms with Gasteiger partial charge in [0, 0.05) is 24.2 Å². The number of hydrogen-bond donors (Lipinski definition) is 1. The number of carbonyl (C=O) groups is 1. The van der Waals surface area contributed by atoms with Crippen molar-refractivity contribution in [1.82, 2.24) is 9.62 Å². The summed E-state index contributed by atoms with van der Waals surface area (Å²) < 4.78 is 63.0. The normalized spacial score (nSPS) is 20.4. The molecule has 1 amide bonds. The number of ether oxygens (including phenoxy) is 2. The van der Waals surface area contributed by atoms with Crippen molar-refractivity contribution in [3.05, 3.63) is 59.7 Å². The number of carbonyl (C=O) groups excluding carboxylic acids is 1. The molecule has 1 saturated heterocycles. The van der Waals surface area contributed by atoms with E-state index in [0.717, 1.165) is 0 Å². The molecule has 1 heterocycles. The fraction of sp³-hybridized carbons (Fsp3) is 0.435. The van der Waals surface area contributed by atoms with Crippen LogP contribution in [-0.4, -0.2) is 50.5 Å². The van der Waals surface area contributed by atoms with Crippen LogP contribution in [0.25, 0.3) is 0 Å². The number of alkyl halides is 2. The molecule has 0 bridgehead atoms. The molecular formula is C23H28F2N2O5S. The van der Waals surface area contributed by atoms with Crippen LogP contribution < -0.4 is 10.1 Å². The third-order valence-corrected chi connectivity index (χ3v) is 7.21. The van der Waals surface area contributed by atoms with E-state index in [9.17, 15) is 22.0 Å². The Morgan fingerprint density at radius 3 is 2.30 bits per heavy atom. The largest absolute Gasteiger partial charge is 0.434 e. The van der Waals surface area contributed by atoms with E-state index < -0.39 is 28.6 Å². The molecule has 1 N–H and O–H groups in total. The van der Waals surface area contributed by atoms with E-state index in [1.165, 1.54) is 34.6 Å². The number of para-hydroxylation sites is 1. The molecule has 3 rings (SSSR count). The number of rotatable bonds is 8. The number of hydrogen-bond acceptors (Lipinski definition) is 5. The first-order valence-electron chi connectivity index (χ1n) is 10.7. The van der Waals surface area contributed by atoms with Gasteiger partial charge >= 0.3 is 6.61 Å². The third kappa shape index (κ3) is 6.07. The minimum absolute atomic E-state index is 0.00457. The van der Waals surface area contributed by atoms with Crippen LogP contribution >= 0.6 is 0 Å². The molecule has 1 aliphatic heterocycles. The molecule has 0 spiro atoms. The van der Waals surface area contributed by atoms with Crippen molar-refractivity contribution in [3.63, 3.8) is 0 Å². The Morgan fingerprint density at radius 1 is 1.12 bits per heavy atom. The number of halogens is 2. The first kappa shape index (κ1) is 25.1. The predicted molar refractivity (Wildman–Crippen MR) is 119 cm³/mol. The molecule has 180 valence electrons. The number of nitrogens with one attached hydrogen (secondary N) is 1. The van der Waals surface area contributed by atoms with Crippen molar-refractivity contribution in [2.24, 2.45) is 0 Å². The van der Waals surface area contributed by atoms with Gasteiger partial charge < -0.3 is 14.8 Å². The maximum Gasteiger partial charge on any atom is 0.387 e. The van der Waals surface area contributed by atoms with E-state index in [2.05, 4.69) is 10.1 Å². The minimum Gasteiger partial charge on any atom is -0.434 e.